The zero-order valence-electron chi connectivity index (χ0n) is 16.2. The average Bonchev–Trinajstić information content (AvgIpc) is 3.01. The minimum Gasteiger partial charge on any atom is -0.347 e. The molecule has 6 heteroatoms. The summed E-state index contributed by atoms with van der Waals surface area (Å²) >= 11 is 0. The molecule has 1 aromatic rings. The molecular formula is C20H29N3O3. The van der Waals surface area contributed by atoms with Crippen LogP contribution >= 0.6 is 0 Å². The monoisotopic (exact) mass is 359 g/mol. The van der Waals surface area contributed by atoms with Crippen LogP contribution in [0.5, 0.6) is 0 Å². The molecule has 1 fully saturated rings. The first kappa shape index (κ1) is 19.9. The molecule has 1 heterocycles. The molecule has 1 aliphatic rings. The minimum atomic E-state index is -0.401. The van der Waals surface area contributed by atoms with Crippen molar-refractivity contribution >= 4 is 23.4 Å². The third-order valence-electron chi connectivity index (χ3n) is 4.79. The molecule has 0 aliphatic carbocycles. The normalized spacial score (nSPS) is 16.7. The Kier molecular flexibility index (Phi) is 6.77. The number of hydrogen-bond donors (Lipinski definition) is 0. The van der Waals surface area contributed by atoms with Crippen LogP contribution in [0.1, 0.15) is 31.7 Å². The summed E-state index contributed by atoms with van der Waals surface area (Å²) in [6.07, 6.45) is 3.53. The van der Waals surface area contributed by atoms with Gasteiger partial charge in [-0.1, -0.05) is 25.5 Å². The van der Waals surface area contributed by atoms with E-state index in [9.17, 15) is 14.4 Å². The van der Waals surface area contributed by atoms with Crippen molar-refractivity contribution < 1.29 is 14.4 Å². The third kappa shape index (κ3) is 4.84. The number of aryl methyl sites for hydroxylation is 1. The fourth-order valence-electron chi connectivity index (χ4n) is 3.08. The van der Waals surface area contributed by atoms with Crippen molar-refractivity contribution in [3.05, 3.63) is 29.8 Å². The number of anilines is 1. The predicted octanol–water partition coefficient (Wildman–Crippen LogP) is 1.93. The van der Waals surface area contributed by atoms with Gasteiger partial charge in [0.1, 0.15) is 0 Å². The van der Waals surface area contributed by atoms with Crippen molar-refractivity contribution in [3.8, 4) is 0 Å². The van der Waals surface area contributed by atoms with Crippen molar-refractivity contribution in [3.63, 3.8) is 0 Å². The van der Waals surface area contributed by atoms with Crippen molar-refractivity contribution in [2.24, 2.45) is 5.92 Å². The molecule has 3 amide bonds. The predicted molar refractivity (Wildman–Crippen MR) is 102 cm³/mol. The summed E-state index contributed by atoms with van der Waals surface area (Å²) in [5.74, 6) is -0.737. The maximum Gasteiger partial charge on any atom is 0.241 e. The lowest BCUT2D eigenvalue weighted by Crippen LogP contribution is -2.41. The molecule has 1 unspecified atom stereocenters. The zero-order chi connectivity index (χ0) is 19.3. The summed E-state index contributed by atoms with van der Waals surface area (Å²) in [4.78, 5) is 41.3. The smallest absolute Gasteiger partial charge is 0.241 e. The van der Waals surface area contributed by atoms with Crippen LogP contribution in [0, 0.1) is 5.92 Å². The lowest BCUT2D eigenvalue weighted by molar-refractivity contribution is -0.140. The standard InChI is InChI=1S/C20H29N3O3/c1-5-6-7-15-8-10-17(11-9-15)23-13-16(12-18(23)24)20(26)22(4)14-19(25)21(2)3/h8-11,16H,5-7,12-14H2,1-4H3. The van der Waals surface area contributed by atoms with E-state index in [4.69, 9.17) is 0 Å². The summed E-state index contributed by atoms with van der Waals surface area (Å²) in [7, 11) is 4.93. The second-order valence-corrected chi connectivity index (χ2v) is 7.16. The average molecular weight is 359 g/mol. The van der Waals surface area contributed by atoms with Gasteiger partial charge in [-0.2, -0.15) is 0 Å². The molecule has 1 aliphatic heterocycles. The van der Waals surface area contributed by atoms with Gasteiger partial charge in [0, 0.05) is 39.8 Å². The van der Waals surface area contributed by atoms with Crippen molar-refractivity contribution in [1.29, 1.82) is 0 Å². The number of nitrogens with zero attached hydrogens (tertiary/aromatic N) is 3. The Morgan fingerprint density at radius 2 is 1.81 bits per heavy atom. The Bertz CT molecular complexity index is 655. The van der Waals surface area contributed by atoms with E-state index in [0.717, 1.165) is 24.9 Å². The van der Waals surface area contributed by atoms with Gasteiger partial charge in [-0.25, -0.2) is 0 Å². The minimum absolute atomic E-state index is 0.0304. The second kappa shape index (κ2) is 8.83. The Morgan fingerprint density at radius 3 is 2.38 bits per heavy atom. The van der Waals surface area contributed by atoms with Gasteiger partial charge in [0.25, 0.3) is 0 Å². The van der Waals surface area contributed by atoms with Gasteiger partial charge >= 0.3 is 0 Å². The van der Waals surface area contributed by atoms with Gasteiger partial charge in [-0.3, -0.25) is 14.4 Å². The van der Waals surface area contributed by atoms with E-state index in [1.165, 1.54) is 15.4 Å². The quantitative estimate of drug-likeness (QED) is 0.747. The van der Waals surface area contributed by atoms with Crippen LogP contribution in [0.2, 0.25) is 0 Å². The maximum atomic E-state index is 12.6. The maximum absolute atomic E-state index is 12.6. The highest BCUT2D eigenvalue weighted by Crippen LogP contribution is 2.26. The summed E-state index contributed by atoms with van der Waals surface area (Å²) in [6.45, 7) is 2.56. The van der Waals surface area contributed by atoms with E-state index in [0.29, 0.717) is 6.54 Å². The molecule has 0 saturated carbocycles. The SMILES string of the molecule is CCCCc1ccc(N2CC(C(=O)N(C)CC(=O)N(C)C)CC2=O)cc1. The summed E-state index contributed by atoms with van der Waals surface area (Å²) in [6, 6.07) is 8.01. The Morgan fingerprint density at radius 1 is 1.15 bits per heavy atom. The molecule has 1 atom stereocenters. The first-order valence-electron chi connectivity index (χ1n) is 9.18. The highest BCUT2D eigenvalue weighted by molar-refractivity contribution is 6.00. The van der Waals surface area contributed by atoms with Gasteiger partial charge in [-0.15, -0.1) is 0 Å². The van der Waals surface area contributed by atoms with Gasteiger partial charge in [0.2, 0.25) is 17.7 Å². The zero-order valence-corrected chi connectivity index (χ0v) is 16.2. The van der Waals surface area contributed by atoms with E-state index < -0.39 is 5.92 Å². The molecule has 0 N–H and O–H groups in total. The number of rotatable bonds is 7. The molecule has 26 heavy (non-hydrogen) atoms. The van der Waals surface area contributed by atoms with Gasteiger partial charge in [0.15, 0.2) is 0 Å². The lowest BCUT2D eigenvalue weighted by Gasteiger charge is -2.22. The molecular weight excluding hydrogens is 330 g/mol. The second-order valence-electron chi connectivity index (χ2n) is 7.16. The molecule has 2 rings (SSSR count). The summed E-state index contributed by atoms with van der Waals surface area (Å²) in [5.41, 5.74) is 2.09. The largest absolute Gasteiger partial charge is 0.347 e. The van der Waals surface area contributed by atoms with E-state index >= 15 is 0 Å². The summed E-state index contributed by atoms with van der Waals surface area (Å²) in [5, 5.41) is 0. The Balaban J connectivity index is 1.99. The number of carbonyl (C=O) groups is 3. The third-order valence-corrected chi connectivity index (χ3v) is 4.79. The molecule has 1 saturated heterocycles. The van der Waals surface area contributed by atoms with E-state index in [1.807, 2.05) is 12.1 Å². The molecule has 0 bridgehead atoms. The van der Waals surface area contributed by atoms with Crippen LogP contribution in [0.15, 0.2) is 24.3 Å². The number of likely N-dealkylation sites (N-methyl/N-ethyl adjacent to an activating group) is 2. The molecule has 0 radical (unpaired) electrons. The number of unbranched alkanes of at least 4 members (excludes halogenated alkanes) is 1. The molecule has 0 spiro atoms. The fourth-order valence-corrected chi connectivity index (χ4v) is 3.08. The lowest BCUT2D eigenvalue weighted by atomic mass is 10.1. The van der Waals surface area contributed by atoms with Crippen LogP contribution in [0.25, 0.3) is 0 Å². The van der Waals surface area contributed by atoms with Crippen LogP contribution in [-0.2, 0) is 20.8 Å². The molecule has 6 nitrogen and oxygen atoms in total. The van der Waals surface area contributed by atoms with Crippen molar-refractivity contribution in [2.45, 2.75) is 32.6 Å². The van der Waals surface area contributed by atoms with E-state index in [1.54, 1.807) is 26.0 Å². The fraction of sp³-hybridized carbons (Fsp3) is 0.550. The van der Waals surface area contributed by atoms with Crippen molar-refractivity contribution in [2.75, 3.05) is 39.1 Å². The van der Waals surface area contributed by atoms with Gasteiger partial charge in [-0.05, 0) is 30.5 Å². The first-order chi connectivity index (χ1) is 12.3. The number of benzene rings is 1. The summed E-state index contributed by atoms with van der Waals surface area (Å²) < 4.78 is 0. The number of amides is 3. The van der Waals surface area contributed by atoms with E-state index in [2.05, 4.69) is 19.1 Å². The highest BCUT2D eigenvalue weighted by atomic mass is 16.2. The highest BCUT2D eigenvalue weighted by Gasteiger charge is 2.36. The van der Waals surface area contributed by atoms with Gasteiger partial charge in [0.05, 0.1) is 12.5 Å². The Hall–Kier alpha value is -2.37. The van der Waals surface area contributed by atoms with E-state index in [-0.39, 0.29) is 30.7 Å². The number of hydrogen-bond acceptors (Lipinski definition) is 3. The van der Waals surface area contributed by atoms with Crippen molar-refractivity contribution in [1.82, 2.24) is 9.80 Å². The topological polar surface area (TPSA) is 60.9 Å². The molecule has 0 aromatic heterocycles. The Labute approximate surface area is 155 Å². The van der Waals surface area contributed by atoms with Crippen LogP contribution in [-0.4, -0.2) is 61.8 Å². The van der Waals surface area contributed by atoms with Crippen LogP contribution in [0.4, 0.5) is 5.69 Å². The van der Waals surface area contributed by atoms with Gasteiger partial charge < -0.3 is 14.7 Å². The first-order valence-corrected chi connectivity index (χ1v) is 9.18. The van der Waals surface area contributed by atoms with Crippen LogP contribution < -0.4 is 4.90 Å². The van der Waals surface area contributed by atoms with Crippen LogP contribution in [0.3, 0.4) is 0 Å². The molecule has 142 valence electrons. The number of carbonyl (C=O) groups excluding carboxylic acids is 3. The molecule has 1 aromatic carbocycles.